The second-order valence-electron chi connectivity index (χ2n) is 4.60. The van der Waals surface area contributed by atoms with Gasteiger partial charge in [0, 0.05) is 11.1 Å². The average Bonchev–Trinajstić information content (AvgIpc) is 2.47. The Kier molecular flexibility index (Phi) is 6.40. The van der Waals surface area contributed by atoms with Crippen molar-refractivity contribution in [3.8, 4) is 11.5 Å². The van der Waals surface area contributed by atoms with Crippen molar-refractivity contribution in [3.63, 3.8) is 0 Å². The van der Waals surface area contributed by atoms with Crippen LogP contribution in [0.3, 0.4) is 0 Å². The Hall–Kier alpha value is -1.47. The molecule has 2 aromatic carbocycles. The number of rotatable bonds is 4. The van der Waals surface area contributed by atoms with E-state index in [-0.39, 0.29) is 35.1 Å². The third-order valence-electron chi connectivity index (χ3n) is 2.99. The summed E-state index contributed by atoms with van der Waals surface area (Å²) in [6.07, 6.45) is 0. The Labute approximate surface area is 164 Å². The van der Waals surface area contributed by atoms with Gasteiger partial charge in [-0.2, -0.15) is 16.8 Å². The van der Waals surface area contributed by atoms with Crippen molar-refractivity contribution in [1.29, 1.82) is 0 Å². The maximum atomic E-state index is 12.4. The first-order valence-electron chi connectivity index (χ1n) is 6.08. The molecule has 25 heavy (non-hydrogen) atoms. The summed E-state index contributed by atoms with van der Waals surface area (Å²) in [6, 6.07) is 7.44. The van der Waals surface area contributed by atoms with Crippen LogP contribution in [0.2, 0.25) is 0 Å². The Bertz CT molecular complexity index is 1030. The summed E-state index contributed by atoms with van der Waals surface area (Å²) in [4.78, 5) is 9.19. The van der Waals surface area contributed by atoms with E-state index in [2.05, 4.69) is 0 Å². The van der Waals surface area contributed by atoms with E-state index in [4.69, 9.17) is 4.55 Å². The van der Waals surface area contributed by atoms with Gasteiger partial charge >= 0.3 is 29.6 Å². The molecule has 0 aromatic heterocycles. The monoisotopic (exact) mass is 398 g/mol. The van der Waals surface area contributed by atoms with E-state index in [1.54, 1.807) is 6.07 Å². The van der Waals surface area contributed by atoms with Gasteiger partial charge in [-0.3, -0.25) is 13.9 Å². The molecule has 2 rings (SSSR count). The standard InChI is InChI=1S/C13H10O9S2.Na.H/c14-9-6-8(10(15)7-4-2-1-3-5-7)12(23(17,18)19)13(11(9)16)24(20,21)22;;/h1-6,14,16H,(H,17,18,19)(H,20,21,22);;. The van der Waals surface area contributed by atoms with Crippen molar-refractivity contribution in [2.24, 2.45) is 0 Å². The summed E-state index contributed by atoms with van der Waals surface area (Å²) in [5.41, 5.74) is -1.03. The van der Waals surface area contributed by atoms with E-state index in [9.17, 15) is 36.4 Å². The zero-order chi connectivity index (χ0) is 18.3. The fraction of sp³-hybridized carbons (Fsp3) is 0. The first-order chi connectivity index (χ1) is 10.9. The normalized spacial score (nSPS) is 11.6. The molecule has 0 spiro atoms. The summed E-state index contributed by atoms with van der Waals surface area (Å²) in [7, 11) is -10.8. The SMILES string of the molecule is O=C(c1ccccc1)c1cc(O)c(O)c(S(=O)(=O)O)c1S(=O)(=O)O.[NaH]. The predicted molar refractivity (Wildman–Crippen MR) is 86.4 cm³/mol. The Morgan fingerprint density at radius 3 is 1.76 bits per heavy atom. The number of phenolic OH excluding ortho intramolecular Hbond substituents is 2. The number of phenols is 2. The molecule has 0 saturated carbocycles. The second kappa shape index (κ2) is 7.41. The van der Waals surface area contributed by atoms with E-state index >= 15 is 0 Å². The van der Waals surface area contributed by atoms with Crippen LogP contribution in [0.4, 0.5) is 0 Å². The number of ketones is 1. The number of carbonyl (C=O) groups excluding carboxylic acids is 1. The third-order valence-corrected chi connectivity index (χ3v) is 4.97. The molecule has 2 aromatic rings. The average molecular weight is 398 g/mol. The number of benzene rings is 2. The summed E-state index contributed by atoms with van der Waals surface area (Å²) >= 11 is 0. The quantitative estimate of drug-likeness (QED) is 0.243. The van der Waals surface area contributed by atoms with E-state index in [0.717, 1.165) is 0 Å². The summed E-state index contributed by atoms with van der Waals surface area (Å²) in [5, 5.41) is 19.2. The van der Waals surface area contributed by atoms with E-state index in [0.29, 0.717) is 6.07 Å². The van der Waals surface area contributed by atoms with Crippen LogP contribution in [-0.2, 0) is 20.2 Å². The Balaban J connectivity index is 0.00000312. The van der Waals surface area contributed by atoms with E-state index in [1.807, 2.05) is 0 Å². The van der Waals surface area contributed by atoms with Gasteiger partial charge in [-0.25, -0.2) is 0 Å². The molecule has 0 saturated heterocycles. The van der Waals surface area contributed by atoms with Gasteiger partial charge in [0.2, 0.25) is 0 Å². The van der Waals surface area contributed by atoms with Gasteiger partial charge in [0.1, 0.15) is 4.90 Å². The molecule has 4 N–H and O–H groups in total. The molecule has 9 nitrogen and oxygen atoms in total. The van der Waals surface area contributed by atoms with Crippen LogP contribution in [0.25, 0.3) is 0 Å². The van der Waals surface area contributed by atoms with Crippen LogP contribution in [0.15, 0.2) is 46.2 Å². The van der Waals surface area contributed by atoms with E-state index < -0.39 is 52.9 Å². The number of hydrogen-bond acceptors (Lipinski definition) is 7. The molecule has 0 heterocycles. The molecular formula is C13H11NaO9S2. The third kappa shape index (κ3) is 4.39. The predicted octanol–water partition coefficient (Wildman–Crippen LogP) is 0.174. The molecule has 130 valence electrons. The molecular weight excluding hydrogens is 387 g/mol. The van der Waals surface area contributed by atoms with Crippen LogP contribution in [0.5, 0.6) is 11.5 Å². The van der Waals surface area contributed by atoms with Gasteiger partial charge in [-0.15, -0.1) is 0 Å². The van der Waals surface area contributed by atoms with Crippen LogP contribution in [0.1, 0.15) is 15.9 Å². The van der Waals surface area contributed by atoms with Gasteiger partial charge in [-0.05, 0) is 6.07 Å². The van der Waals surface area contributed by atoms with E-state index in [1.165, 1.54) is 24.3 Å². The minimum atomic E-state index is -5.41. The molecule has 0 aliphatic rings. The van der Waals surface area contributed by atoms with Crippen molar-refractivity contribution in [1.82, 2.24) is 0 Å². The van der Waals surface area contributed by atoms with Crippen molar-refractivity contribution in [2.45, 2.75) is 9.79 Å². The number of carbonyl (C=O) groups is 1. The zero-order valence-electron chi connectivity index (χ0n) is 11.6. The van der Waals surface area contributed by atoms with Crippen molar-refractivity contribution in [2.75, 3.05) is 0 Å². The molecule has 0 unspecified atom stereocenters. The Morgan fingerprint density at radius 1 is 0.840 bits per heavy atom. The summed E-state index contributed by atoms with van der Waals surface area (Å²) in [6.45, 7) is 0. The second-order valence-corrected chi connectivity index (χ2v) is 7.31. The summed E-state index contributed by atoms with van der Waals surface area (Å²) < 4.78 is 64.3. The molecule has 0 aliphatic carbocycles. The van der Waals surface area contributed by atoms with Gasteiger partial charge in [0.05, 0.1) is 0 Å². The van der Waals surface area contributed by atoms with Crippen molar-refractivity contribution >= 4 is 55.6 Å². The van der Waals surface area contributed by atoms with Gasteiger partial charge in [-0.1, -0.05) is 30.3 Å². The first-order valence-corrected chi connectivity index (χ1v) is 8.96. The molecule has 0 aliphatic heterocycles. The van der Waals surface area contributed by atoms with Crippen molar-refractivity contribution < 1.29 is 40.9 Å². The molecule has 0 radical (unpaired) electrons. The number of hydrogen-bond donors (Lipinski definition) is 4. The molecule has 0 amide bonds. The molecule has 12 heteroatoms. The molecule has 0 bridgehead atoms. The first kappa shape index (κ1) is 21.6. The molecule has 0 atom stereocenters. The minimum absolute atomic E-state index is 0. The van der Waals surface area contributed by atoms with Crippen LogP contribution in [-0.4, -0.2) is 71.5 Å². The van der Waals surface area contributed by atoms with Crippen LogP contribution < -0.4 is 0 Å². The fourth-order valence-electron chi connectivity index (χ4n) is 2.03. The van der Waals surface area contributed by atoms with Crippen molar-refractivity contribution in [3.05, 3.63) is 47.5 Å². The van der Waals surface area contributed by atoms with Gasteiger partial charge in [0.25, 0.3) is 20.2 Å². The summed E-state index contributed by atoms with van der Waals surface area (Å²) in [5.74, 6) is -3.76. The van der Waals surface area contributed by atoms with Crippen LogP contribution in [0, 0.1) is 0 Å². The fourth-order valence-corrected chi connectivity index (χ4v) is 4.11. The number of aromatic hydroxyl groups is 2. The van der Waals surface area contributed by atoms with Gasteiger partial charge in [0.15, 0.2) is 22.2 Å². The topological polar surface area (TPSA) is 166 Å². The molecule has 0 fully saturated rings. The van der Waals surface area contributed by atoms with Gasteiger partial charge < -0.3 is 10.2 Å². The maximum absolute atomic E-state index is 12.4. The zero-order valence-corrected chi connectivity index (χ0v) is 13.2. The van der Waals surface area contributed by atoms with Crippen LogP contribution >= 0.6 is 0 Å². The Morgan fingerprint density at radius 2 is 1.32 bits per heavy atom.